The van der Waals surface area contributed by atoms with E-state index in [1.54, 1.807) is 6.33 Å². The van der Waals surface area contributed by atoms with Crippen LogP contribution in [0.5, 0.6) is 0 Å². The van der Waals surface area contributed by atoms with Crippen LogP contribution in [-0.2, 0) is 0 Å². The van der Waals surface area contributed by atoms with E-state index in [2.05, 4.69) is 41.0 Å². The molecule has 1 unspecified atom stereocenters. The quantitative estimate of drug-likeness (QED) is 0.915. The molecule has 0 spiro atoms. The maximum Gasteiger partial charge on any atom is 0.148 e. The predicted molar refractivity (Wildman–Crippen MR) is 85.3 cm³/mol. The number of nitrogens with zero attached hydrogens (tertiary/aromatic N) is 4. The summed E-state index contributed by atoms with van der Waals surface area (Å²) < 4.78 is 0.974. The zero-order chi connectivity index (χ0) is 13.9. The van der Waals surface area contributed by atoms with Gasteiger partial charge in [-0.2, -0.15) is 0 Å². The molecule has 3 heterocycles. The van der Waals surface area contributed by atoms with Gasteiger partial charge in [0.05, 0.1) is 0 Å². The normalized spacial score (nSPS) is 24.1. The van der Waals surface area contributed by atoms with Crippen molar-refractivity contribution in [2.45, 2.75) is 31.7 Å². The molecule has 1 aromatic heterocycles. The third-order valence-electron chi connectivity index (χ3n) is 4.38. The Morgan fingerprint density at radius 3 is 2.75 bits per heavy atom. The molecule has 6 heteroatoms. The van der Waals surface area contributed by atoms with Gasteiger partial charge in [-0.25, -0.2) is 9.97 Å². The topological polar surface area (TPSA) is 44.3 Å². The van der Waals surface area contributed by atoms with Gasteiger partial charge in [-0.1, -0.05) is 6.42 Å². The summed E-state index contributed by atoms with van der Waals surface area (Å²) in [5.74, 6) is 1.88. The van der Waals surface area contributed by atoms with Crippen molar-refractivity contribution in [3.8, 4) is 0 Å². The number of halogens is 1. The number of anilines is 2. The predicted octanol–water partition coefficient (Wildman–Crippen LogP) is 2.35. The fourth-order valence-corrected chi connectivity index (χ4v) is 3.92. The number of rotatable bonds is 3. The van der Waals surface area contributed by atoms with Crippen molar-refractivity contribution in [2.24, 2.45) is 0 Å². The monoisotopic (exact) mass is 339 g/mol. The summed E-state index contributed by atoms with van der Waals surface area (Å²) in [6.45, 7) is 4.70. The van der Waals surface area contributed by atoms with Crippen molar-refractivity contribution in [1.29, 1.82) is 0 Å². The van der Waals surface area contributed by atoms with Gasteiger partial charge in [-0.15, -0.1) is 0 Å². The fraction of sp³-hybridized carbons (Fsp3) is 0.714. The molecule has 0 saturated carbocycles. The highest BCUT2D eigenvalue weighted by molar-refractivity contribution is 9.10. The van der Waals surface area contributed by atoms with Crippen LogP contribution in [0, 0.1) is 0 Å². The smallest absolute Gasteiger partial charge is 0.148 e. The van der Waals surface area contributed by atoms with Gasteiger partial charge >= 0.3 is 0 Å². The van der Waals surface area contributed by atoms with E-state index in [-0.39, 0.29) is 0 Å². The lowest BCUT2D eigenvalue weighted by Gasteiger charge is -2.32. The number of nitrogens with one attached hydrogen (secondary N) is 1. The lowest BCUT2D eigenvalue weighted by Crippen LogP contribution is -2.41. The highest BCUT2D eigenvalue weighted by atomic mass is 79.9. The van der Waals surface area contributed by atoms with E-state index in [1.807, 2.05) is 7.05 Å². The van der Waals surface area contributed by atoms with E-state index >= 15 is 0 Å². The number of hydrogen-bond acceptors (Lipinski definition) is 5. The average Bonchev–Trinajstić information content (AvgIpc) is 2.98. The molecule has 20 heavy (non-hydrogen) atoms. The van der Waals surface area contributed by atoms with Crippen molar-refractivity contribution >= 4 is 27.6 Å². The SMILES string of the molecule is CNc1ncnc(N2CCC(N3CCCCC3)C2)c1Br. The largest absolute Gasteiger partial charge is 0.372 e. The molecule has 2 saturated heterocycles. The van der Waals surface area contributed by atoms with E-state index in [1.165, 1.54) is 38.8 Å². The van der Waals surface area contributed by atoms with Crippen LogP contribution in [0.4, 0.5) is 11.6 Å². The fourth-order valence-electron chi connectivity index (χ4n) is 3.27. The highest BCUT2D eigenvalue weighted by Crippen LogP contribution is 2.32. The third kappa shape index (κ3) is 2.76. The van der Waals surface area contributed by atoms with Crippen LogP contribution >= 0.6 is 15.9 Å². The van der Waals surface area contributed by atoms with Crippen LogP contribution in [0.15, 0.2) is 10.8 Å². The Morgan fingerprint density at radius 1 is 1.20 bits per heavy atom. The van der Waals surface area contributed by atoms with Gasteiger partial charge in [0.25, 0.3) is 0 Å². The molecule has 0 aromatic carbocycles. The standard InChI is InChI=1S/C14H22BrN5/c1-16-13-12(15)14(18-10-17-13)20-8-5-11(9-20)19-6-3-2-4-7-19/h10-11H,2-9H2,1H3,(H,16,17,18). The van der Waals surface area contributed by atoms with Crippen LogP contribution in [-0.4, -0.2) is 54.1 Å². The van der Waals surface area contributed by atoms with Gasteiger partial charge in [-0.05, 0) is 48.3 Å². The summed E-state index contributed by atoms with van der Waals surface area (Å²) in [4.78, 5) is 13.7. The molecular formula is C14H22BrN5. The van der Waals surface area contributed by atoms with E-state index in [4.69, 9.17) is 0 Å². The van der Waals surface area contributed by atoms with E-state index in [0.29, 0.717) is 6.04 Å². The number of likely N-dealkylation sites (tertiary alicyclic amines) is 1. The third-order valence-corrected chi connectivity index (χ3v) is 5.11. The van der Waals surface area contributed by atoms with Crippen LogP contribution < -0.4 is 10.2 Å². The van der Waals surface area contributed by atoms with E-state index in [0.717, 1.165) is 29.2 Å². The summed E-state index contributed by atoms with van der Waals surface area (Å²) in [6, 6.07) is 0.690. The molecule has 0 aliphatic carbocycles. The van der Waals surface area contributed by atoms with E-state index in [9.17, 15) is 0 Å². The first-order valence-electron chi connectivity index (χ1n) is 7.47. The number of aromatic nitrogens is 2. The Morgan fingerprint density at radius 2 is 2.00 bits per heavy atom. The van der Waals surface area contributed by atoms with Crippen molar-refractivity contribution in [2.75, 3.05) is 43.4 Å². The van der Waals surface area contributed by atoms with Gasteiger partial charge in [0, 0.05) is 26.2 Å². The zero-order valence-electron chi connectivity index (χ0n) is 12.0. The molecule has 1 atom stereocenters. The molecule has 2 fully saturated rings. The Labute approximate surface area is 128 Å². The average molecular weight is 340 g/mol. The maximum absolute atomic E-state index is 4.46. The van der Waals surface area contributed by atoms with Gasteiger partial charge in [0.15, 0.2) is 0 Å². The molecule has 0 amide bonds. The van der Waals surface area contributed by atoms with Gasteiger partial charge < -0.3 is 10.2 Å². The number of piperidine rings is 1. The number of hydrogen-bond donors (Lipinski definition) is 1. The van der Waals surface area contributed by atoms with Gasteiger partial charge in [0.1, 0.15) is 22.4 Å². The van der Waals surface area contributed by atoms with Crippen LogP contribution in [0.3, 0.4) is 0 Å². The molecule has 0 bridgehead atoms. The van der Waals surface area contributed by atoms with Crippen LogP contribution in [0.2, 0.25) is 0 Å². The molecule has 1 aromatic rings. The molecule has 110 valence electrons. The summed E-state index contributed by atoms with van der Waals surface area (Å²) in [5, 5.41) is 3.10. The van der Waals surface area contributed by atoms with Gasteiger partial charge in [0.2, 0.25) is 0 Å². The summed E-state index contributed by atoms with van der Waals surface area (Å²) in [7, 11) is 1.89. The molecule has 0 radical (unpaired) electrons. The molecular weight excluding hydrogens is 318 g/mol. The van der Waals surface area contributed by atoms with Crippen molar-refractivity contribution in [1.82, 2.24) is 14.9 Å². The molecule has 2 aliphatic heterocycles. The molecule has 1 N–H and O–H groups in total. The first kappa shape index (κ1) is 14.1. The van der Waals surface area contributed by atoms with E-state index < -0.39 is 0 Å². The van der Waals surface area contributed by atoms with Crippen molar-refractivity contribution in [3.05, 3.63) is 10.8 Å². The second-order valence-corrected chi connectivity index (χ2v) is 6.39. The Kier molecular flexibility index (Phi) is 4.41. The minimum Gasteiger partial charge on any atom is -0.372 e. The minimum atomic E-state index is 0.690. The zero-order valence-corrected chi connectivity index (χ0v) is 13.6. The first-order chi connectivity index (χ1) is 9.79. The van der Waals surface area contributed by atoms with Crippen molar-refractivity contribution in [3.63, 3.8) is 0 Å². The van der Waals surface area contributed by atoms with Crippen LogP contribution in [0.25, 0.3) is 0 Å². The lowest BCUT2D eigenvalue weighted by atomic mass is 10.1. The molecule has 5 nitrogen and oxygen atoms in total. The Balaban J connectivity index is 1.70. The van der Waals surface area contributed by atoms with Gasteiger partial charge in [-0.3, -0.25) is 4.90 Å². The second kappa shape index (κ2) is 6.26. The highest BCUT2D eigenvalue weighted by Gasteiger charge is 2.30. The Bertz CT molecular complexity index is 461. The summed E-state index contributed by atoms with van der Waals surface area (Å²) >= 11 is 3.62. The van der Waals surface area contributed by atoms with Crippen LogP contribution in [0.1, 0.15) is 25.7 Å². The Hall–Kier alpha value is -0.880. The summed E-state index contributed by atoms with van der Waals surface area (Å²) in [6.07, 6.45) is 7.00. The molecule has 3 rings (SSSR count). The summed E-state index contributed by atoms with van der Waals surface area (Å²) in [5.41, 5.74) is 0. The first-order valence-corrected chi connectivity index (χ1v) is 8.26. The minimum absolute atomic E-state index is 0.690. The maximum atomic E-state index is 4.46. The second-order valence-electron chi connectivity index (χ2n) is 5.60. The van der Waals surface area contributed by atoms with Crippen molar-refractivity contribution < 1.29 is 0 Å². The molecule has 2 aliphatic rings. The lowest BCUT2D eigenvalue weighted by molar-refractivity contribution is 0.175.